The Morgan fingerprint density at radius 3 is 2.85 bits per heavy atom. The molecule has 0 bridgehead atoms. The van der Waals surface area contributed by atoms with Crippen molar-refractivity contribution in [2.45, 2.75) is 6.54 Å². The van der Waals surface area contributed by atoms with Crippen molar-refractivity contribution in [3.8, 4) is 0 Å². The molecule has 0 radical (unpaired) electrons. The van der Waals surface area contributed by atoms with Crippen LogP contribution in [0.2, 0.25) is 0 Å². The summed E-state index contributed by atoms with van der Waals surface area (Å²) in [6, 6.07) is 10.2. The van der Waals surface area contributed by atoms with Gasteiger partial charge < -0.3 is 10.6 Å². The van der Waals surface area contributed by atoms with Crippen LogP contribution in [-0.4, -0.2) is 17.0 Å². The first-order valence-electron chi connectivity index (χ1n) is 6.18. The van der Waals surface area contributed by atoms with Crippen molar-refractivity contribution in [2.75, 3.05) is 17.7 Å². The molecular formula is C14H13BrN4S. The molecule has 0 aliphatic rings. The Morgan fingerprint density at radius 2 is 2.05 bits per heavy atom. The first-order valence-corrected chi connectivity index (χ1v) is 7.85. The van der Waals surface area contributed by atoms with Gasteiger partial charge in [0.05, 0.1) is 5.39 Å². The molecule has 3 aromatic rings. The van der Waals surface area contributed by atoms with Gasteiger partial charge >= 0.3 is 0 Å². The number of anilines is 2. The maximum atomic E-state index is 4.49. The van der Waals surface area contributed by atoms with Crippen LogP contribution in [0.15, 0.2) is 40.2 Å². The number of fused-ring (bicyclic) bond motifs is 1. The molecule has 20 heavy (non-hydrogen) atoms. The van der Waals surface area contributed by atoms with Crippen molar-refractivity contribution in [2.24, 2.45) is 0 Å². The van der Waals surface area contributed by atoms with Crippen molar-refractivity contribution in [1.29, 1.82) is 0 Å². The molecule has 2 N–H and O–H groups in total. The minimum absolute atomic E-state index is 0.634. The van der Waals surface area contributed by atoms with Crippen LogP contribution in [0.3, 0.4) is 0 Å². The molecule has 6 heteroatoms. The van der Waals surface area contributed by atoms with Gasteiger partial charge in [0, 0.05) is 18.1 Å². The third-order valence-corrected chi connectivity index (χ3v) is 4.53. The summed E-state index contributed by atoms with van der Waals surface area (Å²) in [4.78, 5) is 9.91. The van der Waals surface area contributed by atoms with Crippen molar-refractivity contribution in [3.63, 3.8) is 0 Å². The van der Waals surface area contributed by atoms with Gasteiger partial charge in [0.1, 0.15) is 10.6 Å². The van der Waals surface area contributed by atoms with E-state index < -0.39 is 0 Å². The molecule has 0 saturated heterocycles. The molecule has 102 valence electrons. The molecule has 0 fully saturated rings. The van der Waals surface area contributed by atoms with Gasteiger partial charge in [-0.2, -0.15) is 4.98 Å². The molecule has 3 rings (SSSR count). The molecule has 0 atom stereocenters. The Kier molecular flexibility index (Phi) is 3.84. The van der Waals surface area contributed by atoms with E-state index in [1.807, 2.05) is 36.7 Å². The van der Waals surface area contributed by atoms with Gasteiger partial charge in [-0.3, -0.25) is 0 Å². The van der Waals surface area contributed by atoms with E-state index in [-0.39, 0.29) is 0 Å². The Balaban J connectivity index is 1.90. The van der Waals surface area contributed by atoms with E-state index >= 15 is 0 Å². The lowest BCUT2D eigenvalue weighted by atomic mass is 10.2. The summed E-state index contributed by atoms with van der Waals surface area (Å²) in [5.74, 6) is 1.49. The fourth-order valence-electron chi connectivity index (χ4n) is 1.92. The van der Waals surface area contributed by atoms with Gasteiger partial charge in [-0.1, -0.05) is 34.1 Å². The van der Waals surface area contributed by atoms with E-state index in [2.05, 4.69) is 42.6 Å². The molecule has 0 saturated carbocycles. The van der Waals surface area contributed by atoms with Crippen molar-refractivity contribution < 1.29 is 0 Å². The van der Waals surface area contributed by atoms with Crippen molar-refractivity contribution >= 4 is 49.2 Å². The number of aromatic nitrogens is 2. The first kappa shape index (κ1) is 13.3. The normalized spacial score (nSPS) is 10.7. The van der Waals surface area contributed by atoms with Gasteiger partial charge in [-0.25, -0.2) is 4.98 Å². The lowest BCUT2D eigenvalue weighted by Gasteiger charge is -2.09. The SMILES string of the molecule is CNc1nc(NCc2ccccc2Br)c2ccsc2n1. The van der Waals surface area contributed by atoms with Gasteiger partial charge in [0.15, 0.2) is 0 Å². The Bertz CT molecular complexity index is 741. The van der Waals surface area contributed by atoms with Gasteiger partial charge in [0.2, 0.25) is 5.95 Å². The summed E-state index contributed by atoms with van der Waals surface area (Å²) in [7, 11) is 1.83. The number of rotatable bonds is 4. The van der Waals surface area contributed by atoms with Crippen LogP contribution in [0, 0.1) is 0 Å². The summed E-state index contributed by atoms with van der Waals surface area (Å²) in [5.41, 5.74) is 1.19. The lowest BCUT2D eigenvalue weighted by Crippen LogP contribution is -2.05. The van der Waals surface area contributed by atoms with E-state index in [1.165, 1.54) is 5.56 Å². The summed E-state index contributed by atoms with van der Waals surface area (Å²) < 4.78 is 1.09. The first-order chi connectivity index (χ1) is 9.78. The second-order valence-electron chi connectivity index (χ2n) is 4.23. The quantitative estimate of drug-likeness (QED) is 0.744. The van der Waals surface area contributed by atoms with Gasteiger partial charge in [-0.15, -0.1) is 11.3 Å². The maximum Gasteiger partial charge on any atom is 0.225 e. The number of thiophene rings is 1. The predicted octanol–water partition coefficient (Wildman–Crippen LogP) is 4.11. The monoisotopic (exact) mass is 348 g/mol. The van der Waals surface area contributed by atoms with Crippen LogP contribution < -0.4 is 10.6 Å². The fraction of sp³-hybridized carbons (Fsp3) is 0.143. The van der Waals surface area contributed by atoms with Gasteiger partial charge in [0.25, 0.3) is 0 Å². The number of halogens is 1. The van der Waals surface area contributed by atoms with Crippen LogP contribution in [0.1, 0.15) is 5.56 Å². The van der Waals surface area contributed by atoms with Crippen LogP contribution in [0.25, 0.3) is 10.2 Å². The molecular weight excluding hydrogens is 336 g/mol. The van der Waals surface area contributed by atoms with Crippen molar-refractivity contribution in [3.05, 3.63) is 45.7 Å². The number of hydrogen-bond donors (Lipinski definition) is 2. The molecule has 0 unspecified atom stereocenters. The topological polar surface area (TPSA) is 49.8 Å². The Labute approximate surface area is 129 Å². The molecule has 2 aromatic heterocycles. The molecule has 0 amide bonds. The Morgan fingerprint density at radius 1 is 1.20 bits per heavy atom. The zero-order chi connectivity index (χ0) is 13.9. The largest absolute Gasteiger partial charge is 0.365 e. The minimum atomic E-state index is 0.634. The smallest absolute Gasteiger partial charge is 0.225 e. The zero-order valence-corrected chi connectivity index (χ0v) is 13.3. The molecule has 4 nitrogen and oxygen atoms in total. The molecule has 2 heterocycles. The van der Waals surface area contributed by atoms with Crippen LogP contribution in [0.4, 0.5) is 11.8 Å². The van der Waals surface area contributed by atoms with Gasteiger partial charge in [-0.05, 0) is 23.1 Å². The van der Waals surface area contributed by atoms with Crippen LogP contribution in [-0.2, 0) is 6.54 Å². The van der Waals surface area contributed by atoms with E-state index in [4.69, 9.17) is 0 Å². The number of benzene rings is 1. The average Bonchev–Trinajstić information content (AvgIpc) is 2.94. The predicted molar refractivity (Wildman–Crippen MR) is 88.4 cm³/mol. The second-order valence-corrected chi connectivity index (χ2v) is 5.98. The molecule has 1 aromatic carbocycles. The standard InChI is InChI=1S/C14H13BrN4S/c1-16-14-18-12(10-6-7-20-13(10)19-14)17-8-9-4-2-3-5-11(9)15/h2-7H,8H2,1H3,(H2,16,17,18,19). The molecule has 0 aliphatic heterocycles. The Hall–Kier alpha value is -1.66. The highest BCUT2D eigenvalue weighted by molar-refractivity contribution is 9.10. The third-order valence-electron chi connectivity index (χ3n) is 2.95. The number of nitrogens with one attached hydrogen (secondary N) is 2. The fourth-order valence-corrected chi connectivity index (χ4v) is 3.11. The number of hydrogen-bond acceptors (Lipinski definition) is 5. The van der Waals surface area contributed by atoms with E-state index in [9.17, 15) is 0 Å². The minimum Gasteiger partial charge on any atom is -0.365 e. The zero-order valence-electron chi connectivity index (χ0n) is 10.9. The molecule has 0 aliphatic carbocycles. The lowest BCUT2D eigenvalue weighted by molar-refractivity contribution is 1.10. The number of nitrogens with zero attached hydrogens (tertiary/aromatic N) is 2. The van der Waals surface area contributed by atoms with Crippen LogP contribution >= 0.6 is 27.3 Å². The summed E-state index contributed by atoms with van der Waals surface area (Å²) in [6.45, 7) is 0.715. The third kappa shape index (κ3) is 2.62. The van der Waals surface area contributed by atoms with Crippen LogP contribution in [0.5, 0.6) is 0 Å². The summed E-state index contributed by atoms with van der Waals surface area (Å²) in [5, 5.41) is 9.47. The highest BCUT2D eigenvalue weighted by Crippen LogP contribution is 2.27. The molecule has 0 spiro atoms. The summed E-state index contributed by atoms with van der Waals surface area (Å²) >= 11 is 5.17. The van der Waals surface area contributed by atoms with E-state index in [1.54, 1.807) is 11.3 Å². The van der Waals surface area contributed by atoms with E-state index in [0.717, 1.165) is 20.5 Å². The maximum absolute atomic E-state index is 4.49. The average molecular weight is 349 g/mol. The second kappa shape index (κ2) is 5.76. The van der Waals surface area contributed by atoms with Crippen molar-refractivity contribution in [1.82, 2.24) is 9.97 Å². The van der Waals surface area contributed by atoms with E-state index in [0.29, 0.717) is 12.5 Å². The highest BCUT2D eigenvalue weighted by atomic mass is 79.9. The summed E-state index contributed by atoms with van der Waals surface area (Å²) in [6.07, 6.45) is 0. The highest BCUT2D eigenvalue weighted by Gasteiger charge is 2.08.